The zero-order valence-electron chi connectivity index (χ0n) is 16.0. The smallest absolute Gasteiger partial charge is 0.164 e. The summed E-state index contributed by atoms with van der Waals surface area (Å²) in [7, 11) is 0. The van der Waals surface area contributed by atoms with Crippen molar-refractivity contribution in [2.45, 2.75) is 89.6 Å². The first kappa shape index (κ1) is 19.1. The van der Waals surface area contributed by atoms with E-state index in [2.05, 4.69) is 36.6 Å². The van der Waals surface area contributed by atoms with Gasteiger partial charge in [0.15, 0.2) is 5.79 Å². The van der Waals surface area contributed by atoms with Gasteiger partial charge in [-0.25, -0.2) is 0 Å². The first-order valence-electron chi connectivity index (χ1n) is 9.70. The molecule has 0 bridgehead atoms. The van der Waals surface area contributed by atoms with Crippen LogP contribution in [0.4, 0.5) is 0 Å². The summed E-state index contributed by atoms with van der Waals surface area (Å²) < 4.78 is 12.0. The van der Waals surface area contributed by atoms with Crippen LogP contribution in [-0.2, 0) is 9.47 Å². The lowest BCUT2D eigenvalue weighted by Crippen LogP contribution is -2.43. The molecule has 3 N–H and O–H groups in total. The van der Waals surface area contributed by atoms with Gasteiger partial charge in [0.1, 0.15) is 6.10 Å². The van der Waals surface area contributed by atoms with Crippen LogP contribution in [0.2, 0.25) is 0 Å². The van der Waals surface area contributed by atoms with Crippen LogP contribution in [0.25, 0.3) is 0 Å². The summed E-state index contributed by atoms with van der Waals surface area (Å²) in [5, 5.41) is 17.1. The van der Waals surface area contributed by atoms with Crippen LogP contribution >= 0.6 is 0 Å². The van der Waals surface area contributed by atoms with Gasteiger partial charge in [0.2, 0.25) is 0 Å². The lowest BCUT2D eigenvalue weighted by molar-refractivity contribution is -0.143. The first-order valence-corrected chi connectivity index (χ1v) is 9.70. The van der Waals surface area contributed by atoms with E-state index in [1.807, 2.05) is 13.8 Å². The molecule has 4 unspecified atom stereocenters. The zero-order chi connectivity index (χ0) is 18.0. The fourth-order valence-electron chi connectivity index (χ4n) is 4.16. The van der Waals surface area contributed by atoms with Crippen LogP contribution in [0.3, 0.4) is 0 Å². The summed E-state index contributed by atoms with van der Waals surface area (Å²) in [5.41, 5.74) is 2.64. The van der Waals surface area contributed by atoms with Crippen LogP contribution in [0.15, 0.2) is 23.3 Å². The monoisotopic (exact) mass is 350 g/mol. The van der Waals surface area contributed by atoms with E-state index in [9.17, 15) is 5.11 Å². The molecule has 2 aliphatic carbocycles. The molecule has 0 saturated carbocycles. The Balaban J connectivity index is 1.38. The van der Waals surface area contributed by atoms with E-state index in [-0.39, 0.29) is 24.4 Å². The molecule has 5 atom stereocenters. The molecule has 1 aliphatic heterocycles. The summed E-state index contributed by atoms with van der Waals surface area (Å²) in [4.78, 5) is 0. The highest BCUT2D eigenvalue weighted by molar-refractivity contribution is 5.19. The Morgan fingerprint density at radius 2 is 1.92 bits per heavy atom. The highest BCUT2D eigenvalue weighted by Gasteiger charge is 2.44. The Kier molecular flexibility index (Phi) is 6.01. The summed E-state index contributed by atoms with van der Waals surface area (Å²) in [5.74, 6) is -0.476. The van der Waals surface area contributed by atoms with Gasteiger partial charge in [-0.1, -0.05) is 17.7 Å². The summed E-state index contributed by atoms with van der Waals surface area (Å²) in [6.07, 6.45) is 8.35. The van der Waals surface area contributed by atoms with Gasteiger partial charge in [-0.2, -0.15) is 0 Å². The van der Waals surface area contributed by atoms with E-state index in [1.54, 1.807) is 0 Å². The van der Waals surface area contributed by atoms with Crippen molar-refractivity contribution in [3.8, 4) is 0 Å². The molecule has 5 heteroatoms. The first-order chi connectivity index (χ1) is 11.8. The second-order valence-electron chi connectivity index (χ2n) is 8.25. The molecule has 1 saturated heterocycles. The van der Waals surface area contributed by atoms with Crippen molar-refractivity contribution in [2.75, 3.05) is 13.1 Å². The molecule has 5 nitrogen and oxygen atoms in total. The average Bonchev–Trinajstić information content (AvgIpc) is 2.85. The molecule has 0 spiro atoms. The van der Waals surface area contributed by atoms with Gasteiger partial charge in [0.25, 0.3) is 0 Å². The van der Waals surface area contributed by atoms with Crippen LogP contribution in [0.1, 0.15) is 53.4 Å². The van der Waals surface area contributed by atoms with Gasteiger partial charge in [0.05, 0.1) is 18.2 Å². The number of aliphatic hydroxyl groups is 1. The standard InChI is InChI=1S/C20H34N2O3/c1-13-6-7-17(23)16(10-13)22-9-5-8-21-15-11-14(2)19-18(12-15)24-20(3,4)25-19/h10-11,15-19,21-23H,5-9,12H2,1-4H3/t15?,16-,17?,18?,19?/m0/s1. The van der Waals surface area contributed by atoms with Crippen LogP contribution in [-0.4, -0.2) is 54.4 Å². The van der Waals surface area contributed by atoms with Gasteiger partial charge < -0.3 is 25.2 Å². The minimum atomic E-state index is -0.476. The Labute approximate surface area is 151 Å². The van der Waals surface area contributed by atoms with E-state index in [1.165, 1.54) is 11.1 Å². The summed E-state index contributed by atoms with van der Waals surface area (Å²) >= 11 is 0. The number of nitrogens with one attached hydrogen (secondary N) is 2. The van der Waals surface area contributed by atoms with E-state index in [0.717, 1.165) is 38.8 Å². The predicted octanol–water partition coefficient (Wildman–Crippen LogP) is 2.26. The number of hydrogen-bond acceptors (Lipinski definition) is 5. The molecular weight excluding hydrogens is 316 g/mol. The maximum atomic E-state index is 10.0. The topological polar surface area (TPSA) is 62.8 Å². The SMILES string of the molecule is CC1=C[C@H](NCCCNC2C=C(C)C3OC(C)(C)OC3C2)C(O)CC1. The Morgan fingerprint density at radius 3 is 2.72 bits per heavy atom. The van der Waals surface area contributed by atoms with Gasteiger partial charge in [0, 0.05) is 6.04 Å². The third kappa shape index (κ3) is 4.92. The van der Waals surface area contributed by atoms with E-state index in [4.69, 9.17) is 9.47 Å². The molecular formula is C20H34N2O3. The van der Waals surface area contributed by atoms with Gasteiger partial charge in [-0.05, 0) is 72.0 Å². The van der Waals surface area contributed by atoms with Gasteiger partial charge in [-0.3, -0.25) is 0 Å². The van der Waals surface area contributed by atoms with Crippen molar-refractivity contribution in [1.82, 2.24) is 10.6 Å². The molecule has 1 heterocycles. The maximum absolute atomic E-state index is 10.0. The Hall–Kier alpha value is -0.720. The van der Waals surface area contributed by atoms with Crippen molar-refractivity contribution in [2.24, 2.45) is 0 Å². The molecule has 3 aliphatic rings. The van der Waals surface area contributed by atoms with E-state index >= 15 is 0 Å². The molecule has 1 fully saturated rings. The van der Waals surface area contributed by atoms with Gasteiger partial charge >= 0.3 is 0 Å². The quantitative estimate of drug-likeness (QED) is 0.507. The second-order valence-corrected chi connectivity index (χ2v) is 8.25. The average molecular weight is 351 g/mol. The highest BCUT2D eigenvalue weighted by atomic mass is 16.7. The number of rotatable bonds is 6. The summed E-state index contributed by atoms with van der Waals surface area (Å²) in [6, 6.07) is 0.457. The molecule has 25 heavy (non-hydrogen) atoms. The molecule has 3 rings (SSSR count). The molecule has 142 valence electrons. The number of allylic oxidation sites excluding steroid dienone is 1. The fraction of sp³-hybridized carbons (Fsp3) is 0.800. The fourth-order valence-corrected chi connectivity index (χ4v) is 4.16. The van der Waals surface area contributed by atoms with Crippen molar-refractivity contribution >= 4 is 0 Å². The maximum Gasteiger partial charge on any atom is 0.164 e. The minimum Gasteiger partial charge on any atom is -0.391 e. The number of ether oxygens (including phenoxy) is 2. The summed E-state index contributed by atoms with van der Waals surface area (Å²) in [6.45, 7) is 10.1. The molecule has 0 aromatic carbocycles. The van der Waals surface area contributed by atoms with Crippen molar-refractivity contribution in [1.29, 1.82) is 0 Å². The van der Waals surface area contributed by atoms with Crippen LogP contribution < -0.4 is 10.6 Å². The molecule has 0 aromatic heterocycles. The lowest BCUT2D eigenvalue weighted by Gasteiger charge is -2.29. The third-order valence-corrected chi connectivity index (χ3v) is 5.44. The molecule has 0 amide bonds. The number of fused-ring (bicyclic) bond motifs is 1. The van der Waals surface area contributed by atoms with Crippen LogP contribution in [0.5, 0.6) is 0 Å². The van der Waals surface area contributed by atoms with Crippen molar-refractivity contribution in [3.05, 3.63) is 23.3 Å². The zero-order valence-corrected chi connectivity index (χ0v) is 16.0. The molecule has 0 radical (unpaired) electrons. The third-order valence-electron chi connectivity index (χ3n) is 5.44. The van der Waals surface area contributed by atoms with E-state index in [0.29, 0.717) is 6.04 Å². The number of aliphatic hydroxyl groups excluding tert-OH is 1. The predicted molar refractivity (Wildman–Crippen MR) is 99.4 cm³/mol. The van der Waals surface area contributed by atoms with Crippen molar-refractivity contribution < 1.29 is 14.6 Å². The molecule has 0 aromatic rings. The van der Waals surface area contributed by atoms with Gasteiger partial charge in [-0.15, -0.1) is 0 Å². The van der Waals surface area contributed by atoms with E-state index < -0.39 is 5.79 Å². The largest absolute Gasteiger partial charge is 0.391 e. The highest BCUT2D eigenvalue weighted by Crippen LogP contribution is 2.36. The Morgan fingerprint density at radius 1 is 1.16 bits per heavy atom. The lowest BCUT2D eigenvalue weighted by atomic mass is 9.91. The Bertz CT molecular complexity index is 529. The second kappa shape index (κ2) is 7.89. The van der Waals surface area contributed by atoms with Crippen LogP contribution in [0, 0.1) is 0 Å². The van der Waals surface area contributed by atoms with Crippen molar-refractivity contribution in [3.63, 3.8) is 0 Å². The minimum absolute atomic E-state index is 0.109. The normalized spacial score (nSPS) is 37.4. The number of hydrogen-bond donors (Lipinski definition) is 3.